The monoisotopic (exact) mass is 492 g/mol. The lowest BCUT2D eigenvalue weighted by molar-refractivity contribution is 0.313. The average Bonchev–Trinajstić information content (AvgIpc) is 3.65. The second-order valence-electron chi connectivity index (χ2n) is 10.6. The first-order valence-corrected chi connectivity index (χ1v) is 13.3. The van der Waals surface area contributed by atoms with Crippen LogP contribution in [0.5, 0.6) is 0 Å². The van der Waals surface area contributed by atoms with Crippen molar-refractivity contribution in [3.8, 4) is 16.9 Å². The highest BCUT2D eigenvalue weighted by atomic mass is 15.4. The molecule has 2 aromatic carbocycles. The Labute approximate surface area is 217 Å². The molecule has 1 saturated heterocycles. The number of hydrogen-bond acceptors (Lipinski definition) is 7. The summed E-state index contributed by atoms with van der Waals surface area (Å²) >= 11 is 0. The van der Waals surface area contributed by atoms with Crippen LogP contribution in [0.2, 0.25) is 0 Å². The van der Waals surface area contributed by atoms with Gasteiger partial charge in [-0.1, -0.05) is 30.3 Å². The molecule has 1 aliphatic heterocycles. The second-order valence-corrected chi connectivity index (χ2v) is 10.6. The third-order valence-electron chi connectivity index (χ3n) is 8.23. The van der Waals surface area contributed by atoms with Gasteiger partial charge in [0.2, 0.25) is 11.9 Å². The van der Waals surface area contributed by atoms with Crippen LogP contribution in [0.15, 0.2) is 60.7 Å². The molecule has 2 bridgehead atoms. The molecule has 2 aliphatic carbocycles. The first-order valence-electron chi connectivity index (χ1n) is 13.3. The summed E-state index contributed by atoms with van der Waals surface area (Å²) in [7, 11) is 2.17. The molecule has 3 heterocycles. The minimum atomic E-state index is 0.325. The molecule has 4 aromatic rings. The molecule has 0 amide bonds. The smallest absolute Gasteiger partial charge is 0.248 e. The number of likely N-dealkylation sites (N-methyl/N-ethyl adjacent to an activating group) is 1. The number of aromatic nitrogens is 4. The van der Waals surface area contributed by atoms with Gasteiger partial charge in [0.1, 0.15) is 0 Å². The van der Waals surface area contributed by atoms with Crippen LogP contribution >= 0.6 is 0 Å². The van der Waals surface area contributed by atoms with E-state index in [1.54, 1.807) is 4.68 Å². The van der Waals surface area contributed by atoms with Crippen molar-refractivity contribution in [1.29, 1.82) is 0 Å². The Morgan fingerprint density at radius 2 is 1.65 bits per heavy atom. The van der Waals surface area contributed by atoms with Gasteiger partial charge in [0.25, 0.3) is 0 Å². The lowest BCUT2D eigenvalue weighted by Crippen LogP contribution is -2.44. The molecule has 1 saturated carbocycles. The molecule has 3 N–H and O–H groups in total. The zero-order valence-corrected chi connectivity index (χ0v) is 21.1. The second kappa shape index (κ2) is 8.88. The summed E-state index contributed by atoms with van der Waals surface area (Å²) < 4.78 is 1.67. The van der Waals surface area contributed by atoms with E-state index in [9.17, 15) is 0 Å². The number of rotatable bonds is 5. The van der Waals surface area contributed by atoms with Crippen LogP contribution in [0.1, 0.15) is 42.4 Å². The summed E-state index contributed by atoms with van der Waals surface area (Å²) in [5.74, 6) is 2.66. The van der Waals surface area contributed by atoms with E-state index in [0.717, 1.165) is 37.7 Å². The zero-order valence-electron chi connectivity index (χ0n) is 21.1. The molecule has 2 atom stereocenters. The van der Waals surface area contributed by atoms with Crippen LogP contribution in [0, 0.1) is 0 Å². The third-order valence-corrected chi connectivity index (χ3v) is 8.23. The summed E-state index contributed by atoms with van der Waals surface area (Å²) in [6.45, 7) is 4.27. The Kier molecular flexibility index (Phi) is 5.35. The molecular formula is C29H32N8. The van der Waals surface area contributed by atoms with Gasteiger partial charge in [-0.15, -0.1) is 5.10 Å². The van der Waals surface area contributed by atoms with Crippen LogP contribution in [-0.2, 0) is 0 Å². The largest absolute Gasteiger partial charge is 0.369 e. The van der Waals surface area contributed by atoms with Gasteiger partial charge in [0.15, 0.2) is 5.82 Å². The Morgan fingerprint density at radius 1 is 0.892 bits per heavy atom. The van der Waals surface area contributed by atoms with E-state index >= 15 is 0 Å². The van der Waals surface area contributed by atoms with Crippen molar-refractivity contribution < 1.29 is 0 Å². The maximum absolute atomic E-state index is 6.37. The number of nitrogens with one attached hydrogen (secondary N) is 1. The van der Waals surface area contributed by atoms with E-state index in [4.69, 9.17) is 15.8 Å². The molecule has 7 rings (SSSR count). The van der Waals surface area contributed by atoms with Crippen molar-refractivity contribution in [1.82, 2.24) is 24.6 Å². The maximum atomic E-state index is 6.37. The molecule has 2 aromatic heterocycles. The van der Waals surface area contributed by atoms with Crippen molar-refractivity contribution in [2.45, 2.75) is 31.1 Å². The zero-order chi connectivity index (χ0) is 24.9. The Bertz CT molecular complexity index is 1420. The highest BCUT2D eigenvalue weighted by molar-refractivity contribution is 5.72. The van der Waals surface area contributed by atoms with Crippen molar-refractivity contribution >= 4 is 23.3 Å². The van der Waals surface area contributed by atoms with Crippen LogP contribution in [-0.4, -0.2) is 57.9 Å². The van der Waals surface area contributed by atoms with E-state index in [1.165, 1.54) is 47.3 Å². The number of fused-ring (bicyclic) bond motifs is 5. The van der Waals surface area contributed by atoms with Crippen molar-refractivity contribution in [3.05, 3.63) is 71.9 Å². The van der Waals surface area contributed by atoms with Crippen molar-refractivity contribution in [2.75, 3.05) is 49.2 Å². The first kappa shape index (κ1) is 22.3. The van der Waals surface area contributed by atoms with Gasteiger partial charge < -0.3 is 20.9 Å². The molecule has 3 aliphatic rings. The number of hydrogen-bond donors (Lipinski definition) is 2. The summed E-state index contributed by atoms with van der Waals surface area (Å²) in [6.07, 6.45) is 3.67. The summed E-state index contributed by atoms with van der Waals surface area (Å²) in [4.78, 5) is 14.4. The van der Waals surface area contributed by atoms with Crippen molar-refractivity contribution in [3.63, 3.8) is 0 Å². The molecule has 8 heteroatoms. The van der Waals surface area contributed by atoms with Gasteiger partial charge in [0, 0.05) is 43.5 Å². The Hall–Kier alpha value is -3.91. The Morgan fingerprint density at radius 3 is 2.43 bits per heavy atom. The number of benzene rings is 2. The van der Waals surface area contributed by atoms with Gasteiger partial charge in [0.05, 0.1) is 5.69 Å². The summed E-state index contributed by atoms with van der Waals surface area (Å²) in [6, 6.07) is 21.2. The highest BCUT2D eigenvalue weighted by Crippen LogP contribution is 2.55. The van der Waals surface area contributed by atoms with E-state index in [1.807, 2.05) is 0 Å². The van der Waals surface area contributed by atoms with Crippen LogP contribution in [0.4, 0.5) is 23.3 Å². The minimum absolute atomic E-state index is 0.325. The molecular weight excluding hydrogens is 460 g/mol. The van der Waals surface area contributed by atoms with Gasteiger partial charge >= 0.3 is 0 Å². The quantitative estimate of drug-likeness (QED) is 0.415. The number of piperazine rings is 1. The molecule has 2 unspecified atom stereocenters. The third kappa shape index (κ3) is 4.01. The topological polar surface area (TPSA) is 88.1 Å². The molecule has 0 radical (unpaired) electrons. The number of nitrogens with zero attached hydrogens (tertiary/aromatic N) is 6. The normalized spacial score (nSPS) is 20.8. The lowest BCUT2D eigenvalue weighted by Gasteiger charge is -2.34. The van der Waals surface area contributed by atoms with Crippen LogP contribution < -0.4 is 16.0 Å². The lowest BCUT2D eigenvalue weighted by atomic mass is 9.89. The highest BCUT2D eigenvalue weighted by Gasteiger charge is 2.40. The summed E-state index contributed by atoms with van der Waals surface area (Å²) in [5, 5.41) is 8.03. The Balaban J connectivity index is 1.17. The van der Waals surface area contributed by atoms with Gasteiger partial charge in [-0.3, -0.25) is 0 Å². The SMILES string of the molecule is CN1CCN(c2ccc(Nc3nc(N)n(-c4cc(-c5ccccc5)c5c(n4)C4CCC5C4)n3)cc2)CC1. The van der Waals surface area contributed by atoms with Crippen molar-refractivity contribution in [2.24, 2.45) is 0 Å². The van der Waals surface area contributed by atoms with E-state index in [0.29, 0.717) is 23.7 Å². The molecule has 37 heavy (non-hydrogen) atoms. The summed E-state index contributed by atoms with van der Waals surface area (Å²) in [5.41, 5.74) is 13.6. The fourth-order valence-corrected chi connectivity index (χ4v) is 6.25. The van der Waals surface area contributed by atoms with E-state index < -0.39 is 0 Å². The fraction of sp³-hybridized carbons (Fsp3) is 0.345. The fourth-order valence-electron chi connectivity index (χ4n) is 6.25. The first-order chi connectivity index (χ1) is 18.1. The number of anilines is 4. The molecule has 2 fully saturated rings. The predicted octanol–water partition coefficient (Wildman–Crippen LogP) is 4.77. The standard InChI is InChI=1S/C29H32N8/c1-35-13-15-36(16-14-35)23-11-9-22(10-12-23)31-29-33-28(30)37(34-29)25-18-24(19-5-3-2-4-6-19)26-20-7-8-21(17-20)27(26)32-25/h2-6,9-12,18,20-21H,7-8,13-17H2,1H3,(H3,30,31,33,34). The van der Waals surface area contributed by atoms with Crippen LogP contribution in [0.3, 0.4) is 0 Å². The molecule has 0 spiro atoms. The van der Waals surface area contributed by atoms with E-state index in [2.05, 4.69) is 87.8 Å². The average molecular weight is 493 g/mol. The van der Waals surface area contributed by atoms with Gasteiger partial charge in [-0.2, -0.15) is 9.67 Å². The van der Waals surface area contributed by atoms with Gasteiger partial charge in [-0.25, -0.2) is 4.98 Å². The predicted molar refractivity (Wildman–Crippen MR) is 148 cm³/mol. The van der Waals surface area contributed by atoms with Crippen LogP contribution in [0.25, 0.3) is 16.9 Å². The molecule has 188 valence electrons. The number of pyridine rings is 1. The molecule has 8 nitrogen and oxygen atoms in total. The minimum Gasteiger partial charge on any atom is -0.369 e. The van der Waals surface area contributed by atoms with E-state index in [-0.39, 0.29) is 0 Å². The maximum Gasteiger partial charge on any atom is 0.248 e. The van der Waals surface area contributed by atoms with Gasteiger partial charge in [-0.05, 0) is 79.3 Å². The number of nitrogens with two attached hydrogens (primary N) is 1. The number of nitrogen functional groups attached to an aromatic ring is 1.